The number of nitrogens with zero attached hydrogens (tertiary/aromatic N) is 3. The predicted molar refractivity (Wildman–Crippen MR) is 78.9 cm³/mol. The highest BCUT2D eigenvalue weighted by Crippen LogP contribution is 2.13. The molecule has 0 spiro atoms. The van der Waals surface area contributed by atoms with Crippen LogP contribution in [0, 0.1) is 0 Å². The smallest absolute Gasteiger partial charge is 0.270 e. The van der Waals surface area contributed by atoms with E-state index in [1.54, 1.807) is 0 Å². The number of hydrogen-bond donors (Lipinski definition) is 1. The molecule has 1 N–H and O–H groups in total. The third kappa shape index (κ3) is 2.60. The van der Waals surface area contributed by atoms with Crippen molar-refractivity contribution in [2.24, 2.45) is 0 Å². The molecule has 2 aliphatic heterocycles. The summed E-state index contributed by atoms with van der Waals surface area (Å²) in [6.45, 7) is 8.99. The molecule has 0 aromatic carbocycles. The van der Waals surface area contributed by atoms with Crippen molar-refractivity contribution in [1.29, 1.82) is 0 Å². The molecule has 1 amide bonds. The van der Waals surface area contributed by atoms with Crippen molar-refractivity contribution < 1.29 is 4.79 Å². The summed E-state index contributed by atoms with van der Waals surface area (Å²) < 4.78 is 2.07. The summed E-state index contributed by atoms with van der Waals surface area (Å²) in [5, 5.41) is 3.31. The second-order valence-electron chi connectivity index (χ2n) is 5.73. The first-order valence-electron chi connectivity index (χ1n) is 7.68. The summed E-state index contributed by atoms with van der Waals surface area (Å²) in [6.07, 6.45) is 3.06. The van der Waals surface area contributed by atoms with Crippen LogP contribution in [-0.4, -0.2) is 65.6 Å². The second-order valence-corrected chi connectivity index (χ2v) is 5.73. The molecule has 5 nitrogen and oxygen atoms in total. The molecular weight excluding hydrogens is 252 g/mol. The van der Waals surface area contributed by atoms with Crippen LogP contribution in [0.25, 0.3) is 0 Å². The number of piperazine rings is 1. The average molecular weight is 276 g/mol. The fourth-order valence-electron chi connectivity index (χ4n) is 3.03. The fraction of sp³-hybridized carbons (Fsp3) is 0.667. The molecule has 0 unspecified atom stereocenters. The van der Waals surface area contributed by atoms with Crippen LogP contribution in [0.15, 0.2) is 18.3 Å². The van der Waals surface area contributed by atoms with Crippen LogP contribution in [0.1, 0.15) is 23.8 Å². The SMILES string of the molecule is CCCn1cccc1C(=O)N1CCN(C2CNC2)CC1. The van der Waals surface area contributed by atoms with E-state index in [2.05, 4.69) is 21.7 Å². The van der Waals surface area contributed by atoms with E-state index in [1.807, 2.05) is 23.2 Å². The van der Waals surface area contributed by atoms with Gasteiger partial charge in [-0.1, -0.05) is 6.92 Å². The van der Waals surface area contributed by atoms with Gasteiger partial charge in [0.15, 0.2) is 0 Å². The fourth-order valence-corrected chi connectivity index (χ4v) is 3.03. The van der Waals surface area contributed by atoms with Crippen LogP contribution >= 0.6 is 0 Å². The van der Waals surface area contributed by atoms with E-state index in [1.165, 1.54) is 0 Å². The monoisotopic (exact) mass is 276 g/mol. The van der Waals surface area contributed by atoms with Crippen LogP contribution in [0.4, 0.5) is 0 Å². The van der Waals surface area contributed by atoms with E-state index in [0.717, 1.165) is 57.9 Å². The third-order valence-corrected chi connectivity index (χ3v) is 4.39. The molecular formula is C15H24N4O. The lowest BCUT2D eigenvalue weighted by molar-refractivity contribution is 0.0493. The molecule has 1 aromatic rings. The Hall–Kier alpha value is -1.33. The first kappa shape index (κ1) is 13.6. The van der Waals surface area contributed by atoms with Crippen LogP contribution in [-0.2, 0) is 6.54 Å². The van der Waals surface area contributed by atoms with Gasteiger partial charge in [-0.25, -0.2) is 0 Å². The lowest BCUT2D eigenvalue weighted by Gasteiger charge is -2.43. The number of nitrogens with one attached hydrogen (secondary N) is 1. The van der Waals surface area contributed by atoms with E-state index in [0.29, 0.717) is 6.04 Å². The number of hydrogen-bond acceptors (Lipinski definition) is 3. The van der Waals surface area contributed by atoms with Crippen LogP contribution in [0.5, 0.6) is 0 Å². The van der Waals surface area contributed by atoms with Crippen LogP contribution in [0.2, 0.25) is 0 Å². The Morgan fingerprint density at radius 3 is 2.65 bits per heavy atom. The normalized spacial score (nSPS) is 20.9. The molecule has 2 aliphatic rings. The zero-order valence-corrected chi connectivity index (χ0v) is 12.2. The Labute approximate surface area is 120 Å². The molecule has 3 heterocycles. The Balaban J connectivity index is 1.59. The van der Waals surface area contributed by atoms with Crippen molar-refractivity contribution >= 4 is 5.91 Å². The number of rotatable bonds is 4. The summed E-state index contributed by atoms with van der Waals surface area (Å²) >= 11 is 0. The average Bonchev–Trinajstić information content (AvgIpc) is 2.86. The van der Waals surface area contributed by atoms with E-state index in [4.69, 9.17) is 0 Å². The van der Waals surface area contributed by atoms with Crippen molar-refractivity contribution in [2.45, 2.75) is 25.9 Å². The van der Waals surface area contributed by atoms with Gasteiger partial charge in [0.25, 0.3) is 5.91 Å². The maximum absolute atomic E-state index is 12.6. The summed E-state index contributed by atoms with van der Waals surface area (Å²) in [5.74, 6) is 0.190. The molecule has 0 saturated carbocycles. The molecule has 0 radical (unpaired) electrons. The van der Waals surface area contributed by atoms with Gasteiger partial charge in [0.05, 0.1) is 0 Å². The summed E-state index contributed by atoms with van der Waals surface area (Å²) in [4.78, 5) is 17.1. The standard InChI is InChI=1S/C15H24N4O/c1-2-5-18-6-3-4-14(18)15(20)19-9-7-17(8-10-19)13-11-16-12-13/h3-4,6,13,16H,2,5,7-12H2,1H3. The summed E-state index contributed by atoms with van der Waals surface area (Å²) in [5.41, 5.74) is 0.839. The van der Waals surface area contributed by atoms with Crippen molar-refractivity contribution in [3.8, 4) is 0 Å². The topological polar surface area (TPSA) is 40.5 Å². The Morgan fingerprint density at radius 1 is 1.30 bits per heavy atom. The highest BCUT2D eigenvalue weighted by atomic mass is 16.2. The number of aromatic nitrogens is 1. The van der Waals surface area contributed by atoms with Crippen LogP contribution < -0.4 is 5.32 Å². The van der Waals surface area contributed by atoms with Crippen molar-refractivity contribution in [2.75, 3.05) is 39.3 Å². The van der Waals surface area contributed by atoms with E-state index < -0.39 is 0 Å². The second kappa shape index (κ2) is 5.97. The van der Waals surface area contributed by atoms with Gasteiger partial charge in [0.2, 0.25) is 0 Å². The molecule has 0 aliphatic carbocycles. The first-order valence-corrected chi connectivity index (χ1v) is 7.68. The highest BCUT2D eigenvalue weighted by molar-refractivity contribution is 5.92. The van der Waals surface area contributed by atoms with Crippen LogP contribution in [0.3, 0.4) is 0 Å². The minimum Gasteiger partial charge on any atom is -0.344 e. The number of carbonyl (C=O) groups excluding carboxylic acids is 1. The predicted octanol–water partition coefficient (Wildman–Crippen LogP) is 0.628. The van der Waals surface area contributed by atoms with Gasteiger partial charge in [-0.05, 0) is 18.6 Å². The van der Waals surface area contributed by atoms with E-state index in [9.17, 15) is 4.79 Å². The lowest BCUT2D eigenvalue weighted by Crippen LogP contribution is -2.62. The van der Waals surface area contributed by atoms with Gasteiger partial charge in [-0.3, -0.25) is 9.69 Å². The zero-order valence-electron chi connectivity index (χ0n) is 12.2. The highest BCUT2D eigenvalue weighted by Gasteiger charge is 2.29. The third-order valence-electron chi connectivity index (χ3n) is 4.39. The number of amides is 1. The summed E-state index contributed by atoms with van der Waals surface area (Å²) in [7, 11) is 0. The molecule has 0 bridgehead atoms. The van der Waals surface area contributed by atoms with Crippen molar-refractivity contribution in [1.82, 2.24) is 19.7 Å². The first-order chi connectivity index (χ1) is 9.79. The number of carbonyl (C=O) groups is 1. The molecule has 1 aromatic heterocycles. The Bertz CT molecular complexity index is 458. The van der Waals surface area contributed by atoms with Gasteiger partial charge in [-0.2, -0.15) is 0 Å². The molecule has 2 saturated heterocycles. The molecule has 2 fully saturated rings. The van der Waals surface area contributed by atoms with Crippen molar-refractivity contribution in [3.63, 3.8) is 0 Å². The van der Waals surface area contributed by atoms with Gasteiger partial charge in [0, 0.05) is 58.1 Å². The van der Waals surface area contributed by atoms with Gasteiger partial charge in [-0.15, -0.1) is 0 Å². The minimum absolute atomic E-state index is 0.190. The molecule has 3 rings (SSSR count). The van der Waals surface area contributed by atoms with E-state index >= 15 is 0 Å². The maximum atomic E-state index is 12.6. The molecule has 110 valence electrons. The molecule has 20 heavy (non-hydrogen) atoms. The van der Waals surface area contributed by atoms with Gasteiger partial charge < -0.3 is 14.8 Å². The maximum Gasteiger partial charge on any atom is 0.270 e. The van der Waals surface area contributed by atoms with Crippen molar-refractivity contribution in [3.05, 3.63) is 24.0 Å². The Morgan fingerprint density at radius 2 is 2.05 bits per heavy atom. The Kier molecular flexibility index (Phi) is 4.08. The number of aryl methyl sites for hydroxylation is 1. The lowest BCUT2D eigenvalue weighted by atomic mass is 10.1. The largest absolute Gasteiger partial charge is 0.344 e. The van der Waals surface area contributed by atoms with Gasteiger partial charge >= 0.3 is 0 Å². The molecule has 0 atom stereocenters. The van der Waals surface area contributed by atoms with E-state index in [-0.39, 0.29) is 5.91 Å². The minimum atomic E-state index is 0.190. The molecule has 5 heteroatoms. The zero-order chi connectivity index (χ0) is 13.9. The quantitative estimate of drug-likeness (QED) is 0.877. The summed E-state index contributed by atoms with van der Waals surface area (Å²) in [6, 6.07) is 4.61. The van der Waals surface area contributed by atoms with Gasteiger partial charge in [0.1, 0.15) is 5.69 Å².